The van der Waals surface area contributed by atoms with Crippen molar-refractivity contribution < 1.29 is 37.7 Å². The van der Waals surface area contributed by atoms with Crippen LogP contribution >= 0.6 is 22.9 Å². The molecule has 14 heteroatoms. The Kier molecular flexibility index (Phi) is 12.1. The molecule has 0 unspecified atom stereocenters. The molecule has 1 N–H and O–H groups in total. The van der Waals surface area contributed by atoms with Gasteiger partial charge in [0.1, 0.15) is 33.7 Å². The van der Waals surface area contributed by atoms with Gasteiger partial charge in [-0.05, 0) is 99.4 Å². The van der Waals surface area contributed by atoms with Gasteiger partial charge in [-0.3, -0.25) is 9.69 Å². The monoisotopic (exact) mass is 784 g/mol. The fraction of sp³-hybridized carbons (Fsp3) is 0.450. The second-order valence-corrected chi connectivity index (χ2v) is 17.2. The summed E-state index contributed by atoms with van der Waals surface area (Å²) in [5.41, 5.74) is 1.11. The normalized spacial score (nSPS) is 16.2. The highest BCUT2D eigenvalue weighted by Crippen LogP contribution is 2.41. The highest BCUT2D eigenvalue weighted by atomic mass is 35.5. The molecule has 0 radical (unpaired) electrons. The zero-order valence-corrected chi connectivity index (χ0v) is 33.4. The SMILES string of the molecule is COc1ccc(-c2ccnc(N(CC(C)(C)C)C(=O)O)c2)cc1CN(C(=O)c1sc2c(F)ccc(F)c2c1Cl)C1CCC(N(C)C(=O)OC(C)(C)C)CC1. The number of anilines is 1. The van der Waals surface area contributed by atoms with Crippen molar-refractivity contribution in [3.05, 3.63) is 75.8 Å². The number of carboxylic acid groups (broad SMARTS) is 1. The predicted molar refractivity (Wildman–Crippen MR) is 208 cm³/mol. The first-order chi connectivity index (χ1) is 25.3. The molecule has 0 aliphatic heterocycles. The van der Waals surface area contributed by atoms with Crippen LogP contribution in [0, 0.1) is 17.0 Å². The maximum atomic E-state index is 14.9. The third kappa shape index (κ3) is 9.23. The van der Waals surface area contributed by atoms with Gasteiger partial charge in [0.05, 0.1) is 22.2 Å². The summed E-state index contributed by atoms with van der Waals surface area (Å²) < 4.78 is 41.1. The van der Waals surface area contributed by atoms with Gasteiger partial charge < -0.3 is 24.4 Å². The molecule has 1 aliphatic carbocycles. The lowest BCUT2D eigenvalue weighted by atomic mass is 9.89. The van der Waals surface area contributed by atoms with Crippen molar-refractivity contribution in [2.24, 2.45) is 5.41 Å². The number of thiophene rings is 1. The summed E-state index contributed by atoms with van der Waals surface area (Å²) in [7, 11) is 3.24. The van der Waals surface area contributed by atoms with E-state index in [1.54, 1.807) is 41.2 Å². The number of rotatable bonds is 9. The van der Waals surface area contributed by atoms with E-state index in [0.29, 0.717) is 42.6 Å². The molecule has 0 spiro atoms. The fourth-order valence-electron chi connectivity index (χ4n) is 6.70. The minimum absolute atomic E-state index is 0.0187. The Labute approximate surface area is 323 Å². The first kappa shape index (κ1) is 40.7. The summed E-state index contributed by atoms with van der Waals surface area (Å²) >= 11 is 7.47. The number of hydrogen-bond donors (Lipinski definition) is 1. The number of amides is 3. The predicted octanol–water partition coefficient (Wildman–Crippen LogP) is 10.3. The summed E-state index contributed by atoms with van der Waals surface area (Å²) in [5, 5.41) is 9.72. The van der Waals surface area contributed by atoms with Gasteiger partial charge in [-0.1, -0.05) is 38.4 Å². The van der Waals surface area contributed by atoms with Crippen LogP contribution in [0.3, 0.4) is 0 Å². The van der Waals surface area contributed by atoms with E-state index in [0.717, 1.165) is 29.0 Å². The van der Waals surface area contributed by atoms with Crippen LogP contribution in [0.2, 0.25) is 5.02 Å². The lowest BCUT2D eigenvalue weighted by molar-refractivity contribution is 0.0144. The number of hydrogen-bond acceptors (Lipinski definition) is 7. The van der Waals surface area contributed by atoms with E-state index in [1.165, 1.54) is 12.0 Å². The Hall–Kier alpha value is -4.49. The number of pyridine rings is 1. The Balaban J connectivity index is 1.51. The van der Waals surface area contributed by atoms with Gasteiger partial charge in [0, 0.05) is 44.0 Å². The maximum absolute atomic E-state index is 14.9. The van der Waals surface area contributed by atoms with Crippen molar-refractivity contribution in [1.82, 2.24) is 14.8 Å². The van der Waals surface area contributed by atoms with Gasteiger partial charge in [0.25, 0.3) is 5.91 Å². The Bertz CT molecular complexity index is 2040. The molecular weight excluding hydrogens is 738 g/mol. The summed E-state index contributed by atoms with van der Waals surface area (Å²) in [6.07, 6.45) is 2.24. The van der Waals surface area contributed by atoms with Crippen molar-refractivity contribution in [3.63, 3.8) is 0 Å². The standard InChI is InChI=1S/C40H47ClF2N4O6S/c1-39(2,3)22-47(37(49)50)31-20-24(17-18-44-31)23-9-16-30(52-8)25(19-23)21-46(27-12-10-26(11-13-27)45(7)38(51)53-40(4,5)6)36(48)35-33(41)32-28(42)14-15-29(43)34(32)54-35/h9,14-20,26-27H,10-13,21-22H2,1-8H3,(H,49,50). The first-order valence-corrected chi connectivity index (χ1v) is 18.9. The molecule has 10 nitrogen and oxygen atoms in total. The number of aromatic nitrogens is 1. The van der Waals surface area contributed by atoms with Crippen LogP contribution in [0.4, 0.5) is 24.2 Å². The summed E-state index contributed by atoms with van der Waals surface area (Å²) in [6, 6.07) is 10.5. The molecule has 3 amide bonds. The molecular formula is C40H47ClF2N4O6S. The Morgan fingerprint density at radius 2 is 1.57 bits per heavy atom. The second-order valence-electron chi connectivity index (χ2n) is 15.8. The van der Waals surface area contributed by atoms with E-state index >= 15 is 0 Å². The van der Waals surface area contributed by atoms with Crippen molar-refractivity contribution >= 4 is 56.9 Å². The van der Waals surface area contributed by atoms with Gasteiger partial charge in [0.2, 0.25) is 0 Å². The van der Waals surface area contributed by atoms with Crippen LogP contribution in [0.5, 0.6) is 5.75 Å². The number of nitrogens with zero attached hydrogens (tertiary/aromatic N) is 4. The van der Waals surface area contributed by atoms with E-state index in [1.807, 2.05) is 53.7 Å². The number of carbonyl (C=O) groups excluding carboxylic acids is 2. The van der Waals surface area contributed by atoms with E-state index in [4.69, 9.17) is 21.1 Å². The summed E-state index contributed by atoms with van der Waals surface area (Å²) in [4.78, 5) is 48.6. The number of ether oxygens (including phenoxy) is 2. The van der Waals surface area contributed by atoms with Crippen LogP contribution < -0.4 is 9.64 Å². The maximum Gasteiger partial charge on any atom is 0.413 e. The van der Waals surface area contributed by atoms with E-state index in [2.05, 4.69) is 4.98 Å². The van der Waals surface area contributed by atoms with E-state index in [9.17, 15) is 28.3 Å². The second kappa shape index (κ2) is 16.1. The minimum Gasteiger partial charge on any atom is -0.496 e. The van der Waals surface area contributed by atoms with E-state index < -0.39 is 35.3 Å². The summed E-state index contributed by atoms with van der Waals surface area (Å²) in [6.45, 7) is 11.6. The molecule has 1 fully saturated rings. The number of halogens is 3. The lowest BCUT2D eigenvalue weighted by Gasteiger charge is -2.40. The molecule has 2 heterocycles. The van der Waals surface area contributed by atoms with Gasteiger partial charge in [-0.2, -0.15) is 0 Å². The van der Waals surface area contributed by atoms with Crippen molar-refractivity contribution in [1.29, 1.82) is 0 Å². The van der Waals surface area contributed by atoms with Crippen LogP contribution in [-0.4, -0.2) is 76.4 Å². The molecule has 0 saturated heterocycles. The molecule has 2 aromatic carbocycles. The van der Waals surface area contributed by atoms with Gasteiger partial charge in [-0.15, -0.1) is 11.3 Å². The molecule has 1 aliphatic rings. The quantitative estimate of drug-likeness (QED) is 0.180. The zero-order chi connectivity index (χ0) is 39.7. The average Bonchev–Trinajstić information content (AvgIpc) is 3.47. The van der Waals surface area contributed by atoms with Crippen LogP contribution in [-0.2, 0) is 11.3 Å². The third-order valence-corrected chi connectivity index (χ3v) is 11.0. The summed E-state index contributed by atoms with van der Waals surface area (Å²) in [5.74, 6) is -1.11. The molecule has 5 rings (SSSR count). The van der Waals surface area contributed by atoms with Gasteiger partial charge in [-0.25, -0.2) is 23.4 Å². The van der Waals surface area contributed by atoms with Gasteiger partial charge >= 0.3 is 12.2 Å². The fourth-order valence-corrected chi connectivity index (χ4v) is 8.21. The number of methoxy groups -OCH3 is 1. The highest BCUT2D eigenvalue weighted by molar-refractivity contribution is 7.21. The zero-order valence-electron chi connectivity index (χ0n) is 31.8. The molecule has 2 aromatic heterocycles. The van der Waals surface area contributed by atoms with Crippen LogP contribution in [0.1, 0.15) is 82.5 Å². The minimum atomic E-state index is -1.12. The first-order valence-electron chi connectivity index (χ1n) is 17.7. The van der Waals surface area contributed by atoms with Crippen LogP contribution in [0.25, 0.3) is 21.2 Å². The van der Waals surface area contributed by atoms with E-state index in [-0.39, 0.29) is 56.4 Å². The molecule has 290 valence electrons. The van der Waals surface area contributed by atoms with Crippen LogP contribution in [0.15, 0.2) is 48.7 Å². The number of fused-ring (bicyclic) bond motifs is 1. The number of benzene rings is 2. The van der Waals surface area contributed by atoms with Gasteiger partial charge in [0.15, 0.2) is 0 Å². The topological polar surface area (TPSA) is 113 Å². The smallest absolute Gasteiger partial charge is 0.413 e. The number of carbonyl (C=O) groups is 3. The highest BCUT2D eigenvalue weighted by Gasteiger charge is 2.36. The van der Waals surface area contributed by atoms with Crippen molar-refractivity contribution in [3.8, 4) is 16.9 Å². The lowest BCUT2D eigenvalue weighted by Crippen LogP contribution is -2.47. The average molecular weight is 785 g/mol. The third-order valence-electron chi connectivity index (χ3n) is 9.31. The molecule has 0 atom stereocenters. The Morgan fingerprint density at radius 1 is 0.944 bits per heavy atom. The molecule has 54 heavy (non-hydrogen) atoms. The van der Waals surface area contributed by atoms with Crippen molar-refractivity contribution in [2.75, 3.05) is 25.6 Å². The molecule has 1 saturated carbocycles. The van der Waals surface area contributed by atoms with Crippen molar-refractivity contribution in [2.45, 2.75) is 91.5 Å². The largest absolute Gasteiger partial charge is 0.496 e. The Morgan fingerprint density at radius 3 is 2.17 bits per heavy atom. The molecule has 0 bridgehead atoms. The molecule has 4 aromatic rings.